The molecule has 1 saturated heterocycles. The van der Waals surface area contributed by atoms with Gasteiger partial charge in [-0.2, -0.15) is 12.7 Å². The maximum Gasteiger partial charge on any atom is 0.277 e. The van der Waals surface area contributed by atoms with Crippen molar-refractivity contribution in [2.75, 3.05) is 26.2 Å². The Labute approximate surface area is 157 Å². The molecule has 27 heavy (non-hydrogen) atoms. The van der Waals surface area contributed by atoms with Crippen molar-refractivity contribution in [1.82, 2.24) is 18.6 Å². The molecule has 0 unspecified atom stereocenters. The van der Waals surface area contributed by atoms with Crippen molar-refractivity contribution >= 4 is 32.5 Å². The Morgan fingerprint density at radius 3 is 2.44 bits per heavy atom. The van der Waals surface area contributed by atoms with E-state index in [0.29, 0.717) is 18.7 Å². The molecular weight excluding hydrogens is 366 g/mol. The summed E-state index contributed by atoms with van der Waals surface area (Å²) in [5.41, 5.74) is 4.55. The summed E-state index contributed by atoms with van der Waals surface area (Å²) >= 11 is 0. The van der Waals surface area contributed by atoms with Crippen molar-refractivity contribution in [3.63, 3.8) is 0 Å². The van der Waals surface area contributed by atoms with Gasteiger partial charge in [-0.1, -0.05) is 0 Å². The molecule has 0 atom stereocenters. The van der Waals surface area contributed by atoms with Crippen LogP contribution in [0.1, 0.15) is 21.5 Å². The van der Waals surface area contributed by atoms with E-state index in [-0.39, 0.29) is 19.0 Å². The van der Waals surface area contributed by atoms with Crippen LogP contribution < -0.4 is 5.14 Å². The lowest BCUT2D eigenvalue weighted by Crippen LogP contribution is -2.52. The Morgan fingerprint density at radius 1 is 1.11 bits per heavy atom. The highest BCUT2D eigenvalue weighted by molar-refractivity contribution is 7.86. The normalized spacial score (nSPS) is 16.3. The molecule has 8 nitrogen and oxygen atoms in total. The smallest absolute Gasteiger partial charge is 0.277 e. The van der Waals surface area contributed by atoms with Crippen molar-refractivity contribution in [1.29, 1.82) is 0 Å². The van der Waals surface area contributed by atoms with Crippen LogP contribution in [0, 0.1) is 13.8 Å². The van der Waals surface area contributed by atoms with E-state index >= 15 is 0 Å². The number of hydrogen-bond donors (Lipinski definition) is 1. The molecular formula is C18H21N5O3S. The molecule has 3 aromatic rings. The van der Waals surface area contributed by atoms with Gasteiger partial charge < -0.3 is 9.30 Å². The largest absolute Gasteiger partial charge is 0.336 e. The number of piperazine rings is 1. The fourth-order valence-corrected chi connectivity index (χ4v) is 4.21. The first-order valence-corrected chi connectivity index (χ1v) is 10.2. The molecule has 0 bridgehead atoms. The molecule has 2 N–H and O–H groups in total. The fraction of sp³-hybridized carbons (Fsp3) is 0.333. The Balaban J connectivity index is 1.73. The number of carbonyl (C=O) groups excluding carboxylic acids is 1. The summed E-state index contributed by atoms with van der Waals surface area (Å²) in [7, 11) is -3.72. The van der Waals surface area contributed by atoms with Gasteiger partial charge in [-0.25, -0.2) is 10.1 Å². The first-order chi connectivity index (χ1) is 12.8. The lowest BCUT2D eigenvalue weighted by atomic mass is 10.0. The van der Waals surface area contributed by atoms with E-state index in [4.69, 9.17) is 5.14 Å². The van der Waals surface area contributed by atoms with Gasteiger partial charge in [0.25, 0.3) is 16.1 Å². The van der Waals surface area contributed by atoms with Crippen LogP contribution in [0.4, 0.5) is 0 Å². The third kappa shape index (κ3) is 3.07. The first kappa shape index (κ1) is 17.9. The Morgan fingerprint density at radius 2 is 1.78 bits per heavy atom. The lowest BCUT2D eigenvalue weighted by Gasteiger charge is -2.32. The highest BCUT2D eigenvalue weighted by Crippen LogP contribution is 2.26. The summed E-state index contributed by atoms with van der Waals surface area (Å²) < 4.78 is 26.0. The van der Waals surface area contributed by atoms with E-state index in [2.05, 4.69) is 11.1 Å². The van der Waals surface area contributed by atoms with Crippen LogP contribution >= 0.6 is 0 Å². The van der Waals surface area contributed by atoms with E-state index in [1.54, 1.807) is 17.3 Å². The third-order valence-corrected chi connectivity index (χ3v) is 6.30. The predicted octanol–water partition coefficient (Wildman–Crippen LogP) is 1.07. The number of hydrogen-bond acceptors (Lipinski definition) is 4. The average molecular weight is 387 g/mol. The number of aryl methyl sites for hydroxylation is 2. The zero-order chi connectivity index (χ0) is 19.3. The molecule has 1 aliphatic rings. The molecule has 1 aliphatic heterocycles. The van der Waals surface area contributed by atoms with Crippen LogP contribution in [0.25, 0.3) is 16.4 Å². The Kier molecular flexibility index (Phi) is 4.17. The monoisotopic (exact) mass is 387 g/mol. The van der Waals surface area contributed by atoms with Crippen molar-refractivity contribution in [3.05, 3.63) is 47.4 Å². The van der Waals surface area contributed by atoms with E-state index in [9.17, 15) is 13.2 Å². The van der Waals surface area contributed by atoms with E-state index < -0.39 is 10.2 Å². The topological polar surface area (TPSA) is 101 Å². The molecule has 1 fully saturated rings. The zero-order valence-electron chi connectivity index (χ0n) is 15.2. The van der Waals surface area contributed by atoms with Crippen LogP contribution in [0.15, 0.2) is 30.7 Å². The number of nitrogens with zero attached hydrogens (tertiary/aromatic N) is 4. The minimum Gasteiger partial charge on any atom is -0.336 e. The number of aromatic nitrogens is 2. The van der Waals surface area contributed by atoms with Gasteiger partial charge in [0.05, 0.1) is 22.9 Å². The molecule has 1 aromatic carbocycles. The molecule has 0 aliphatic carbocycles. The molecule has 2 aromatic heterocycles. The maximum absolute atomic E-state index is 13.1. The Bertz CT molecular complexity index is 1160. The number of fused-ring (bicyclic) bond motifs is 3. The van der Waals surface area contributed by atoms with Gasteiger partial charge >= 0.3 is 0 Å². The summed E-state index contributed by atoms with van der Waals surface area (Å²) in [5, 5.41) is 6.10. The second-order valence-electron chi connectivity index (χ2n) is 6.92. The van der Waals surface area contributed by atoms with E-state index in [1.807, 2.05) is 30.5 Å². The van der Waals surface area contributed by atoms with Gasteiger partial charge in [-0.15, -0.1) is 0 Å². The minimum absolute atomic E-state index is 0.114. The quantitative estimate of drug-likeness (QED) is 0.710. The predicted molar refractivity (Wildman–Crippen MR) is 103 cm³/mol. The highest BCUT2D eigenvalue weighted by Gasteiger charge is 2.28. The summed E-state index contributed by atoms with van der Waals surface area (Å²) in [6.07, 6.45) is 3.53. The van der Waals surface area contributed by atoms with Gasteiger partial charge in [0.15, 0.2) is 0 Å². The molecule has 3 heterocycles. The van der Waals surface area contributed by atoms with Gasteiger partial charge in [0.1, 0.15) is 0 Å². The Hall–Kier alpha value is -2.49. The van der Waals surface area contributed by atoms with Crippen molar-refractivity contribution in [3.8, 4) is 0 Å². The summed E-state index contributed by atoms with van der Waals surface area (Å²) in [6, 6.07) is 5.87. The molecule has 0 spiro atoms. The average Bonchev–Trinajstić information content (AvgIpc) is 3.06. The molecule has 1 amide bonds. The van der Waals surface area contributed by atoms with Crippen molar-refractivity contribution in [2.24, 2.45) is 5.14 Å². The number of benzene rings is 1. The zero-order valence-corrected chi connectivity index (χ0v) is 16.0. The van der Waals surface area contributed by atoms with E-state index in [1.165, 1.54) is 4.31 Å². The number of amides is 1. The molecule has 142 valence electrons. The summed E-state index contributed by atoms with van der Waals surface area (Å²) in [5.74, 6) is -0.114. The second-order valence-corrected chi connectivity index (χ2v) is 8.47. The fourth-order valence-electron chi connectivity index (χ4n) is 3.54. The summed E-state index contributed by atoms with van der Waals surface area (Å²) in [4.78, 5) is 19.3. The van der Waals surface area contributed by atoms with Crippen LogP contribution in [0.2, 0.25) is 0 Å². The molecule has 9 heteroatoms. The van der Waals surface area contributed by atoms with Crippen LogP contribution in [-0.4, -0.2) is 59.1 Å². The number of rotatable bonds is 2. The number of nitrogens with two attached hydrogens (primary N) is 1. The molecule has 4 rings (SSSR count). The van der Waals surface area contributed by atoms with Gasteiger partial charge in [0, 0.05) is 37.8 Å². The highest BCUT2D eigenvalue weighted by atomic mass is 32.2. The van der Waals surface area contributed by atoms with Gasteiger partial charge in [0.2, 0.25) is 0 Å². The second kappa shape index (κ2) is 6.29. The standard InChI is InChI=1S/C18H21N5O3S/c1-12-9-15-16(10-13(12)2)20-11-22-4-3-14(17(15)22)18(24)21-5-7-23(8-6-21)27(19,25)26/h3-4,9-11H,5-8H2,1-2H3,(H2,19,25,26). The van der Waals surface area contributed by atoms with Crippen LogP contribution in [0.3, 0.4) is 0 Å². The lowest BCUT2D eigenvalue weighted by molar-refractivity contribution is 0.0700. The maximum atomic E-state index is 13.1. The molecule has 0 radical (unpaired) electrons. The number of carbonyl (C=O) groups is 1. The third-order valence-electron chi connectivity index (χ3n) is 5.22. The first-order valence-electron chi connectivity index (χ1n) is 8.69. The summed E-state index contributed by atoms with van der Waals surface area (Å²) in [6.45, 7) is 5.11. The molecule has 0 saturated carbocycles. The van der Waals surface area contributed by atoms with Crippen LogP contribution in [0.5, 0.6) is 0 Å². The SMILES string of the molecule is Cc1cc2ncn3ccc(C(=O)N4CCN(S(N)(=O)=O)CC4)c3c2cc1C. The van der Waals surface area contributed by atoms with Crippen LogP contribution in [-0.2, 0) is 10.2 Å². The van der Waals surface area contributed by atoms with Crippen molar-refractivity contribution < 1.29 is 13.2 Å². The van der Waals surface area contributed by atoms with Gasteiger partial charge in [-0.05, 0) is 43.2 Å². The van der Waals surface area contributed by atoms with Gasteiger partial charge in [-0.3, -0.25) is 4.79 Å². The van der Waals surface area contributed by atoms with Crippen molar-refractivity contribution in [2.45, 2.75) is 13.8 Å². The minimum atomic E-state index is -3.72. The van der Waals surface area contributed by atoms with E-state index in [0.717, 1.165) is 27.5 Å².